The van der Waals surface area contributed by atoms with Gasteiger partial charge in [0.2, 0.25) is 5.91 Å². The molecule has 0 unspecified atom stereocenters. The van der Waals surface area contributed by atoms with E-state index in [0.717, 1.165) is 20.4 Å². The van der Waals surface area contributed by atoms with Gasteiger partial charge < -0.3 is 5.32 Å². The summed E-state index contributed by atoms with van der Waals surface area (Å²) in [6.07, 6.45) is 4.93. The molecule has 26 heavy (non-hydrogen) atoms. The summed E-state index contributed by atoms with van der Waals surface area (Å²) in [4.78, 5) is 29.2. The third-order valence-electron chi connectivity index (χ3n) is 3.59. The molecular weight excluding hydrogens is 368 g/mol. The lowest BCUT2D eigenvalue weighted by Gasteiger charge is -2.07. The van der Waals surface area contributed by atoms with Crippen LogP contribution in [0.1, 0.15) is 5.82 Å². The lowest BCUT2D eigenvalue weighted by atomic mass is 10.3. The SMILES string of the molecule is Cc1nccn1-c1cc(NC(=O)CSc2nc3ccccc3s2)ncn1. The van der Waals surface area contributed by atoms with Crippen LogP contribution in [-0.2, 0) is 4.79 Å². The Morgan fingerprint density at radius 1 is 1.27 bits per heavy atom. The zero-order chi connectivity index (χ0) is 17.9. The Morgan fingerprint density at radius 2 is 2.15 bits per heavy atom. The maximum Gasteiger partial charge on any atom is 0.235 e. The minimum Gasteiger partial charge on any atom is -0.310 e. The van der Waals surface area contributed by atoms with Crippen LogP contribution < -0.4 is 5.32 Å². The van der Waals surface area contributed by atoms with Crippen molar-refractivity contribution in [2.75, 3.05) is 11.1 Å². The second kappa shape index (κ2) is 7.22. The second-order valence-electron chi connectivity index (χ2n) is 5.39. The molecule has 4 aromatic rings. The Labute approximate surface area is 157 Å². The summed E-state index contributed by atoms with van der Waals surface area (Å²) in [6, 6.07) is 9.65. The number of benzene rings is 1. The maximum atomic E-state index is 12.2. The number of carbonyl (C=O) groups is 1. The van der Waals surface area contributed by atoms with E-state index in [1.165, 1.54) is 18.1 Å². The molecule has 0 saturated heterocycles. The second-order valence-corrected chi connectivity index (χ2v) is 7.64. The summed E-state index contributed by atoms with van der Waals surface area (Å²) in [6.45, 7) is 1.88. The lowest BCUT2D eigenvalue weighted by molar-refractivity contribution is -0.113. The van der Waals surface area contributed by atoms with Crippen molar-refractivity contribution in [1.29, 1.82) is 0 Å². The number of nitrogens with zero attached hydrogens (tertiary/aromatic N) is 5. The summed E-state index contributed by atoms with van der Waals surface area (Å²) in [7, 11) is 0. The highest BCUT2D eigenvalue weighted by atomic mass is 32.2. The molecule has 0 aliphatic carbocycles. The maximum absolute atomic E-state index is 12.2. The van der Waals surface area contributed by atoms with Gasteiger partial charge in [0.15, 0.2) is 4.34 Å². The van der Waals surface area contributed by atoms with Gasteiger partial charge in [-0.1, -0.05) is 23.9 Å². The van der Waals surface area contributed by atoms with E-state index < -0.39 is 0 Å². The minimum absolute atomic E-state index is 0.138. The summed E-state index contributed by atoms with van der Waals surface area (Å²) in [5, 5.41) is 2.80. The van der Waals surface area contributed by atoms with Crippen molar-refractivity contribution in [3.63, 3.8) is 0 Å². The monoisotopic (exact) mass is 382 g/mol. The molecule has 0 fully saturated rings. The highest BCUT2D eigenvalue weighted by molar-refractivity contribution is 8.01. The highest BCUT2D eigenvalue weighted by Gasteiger charge is 2.10. The molecule has 4 rings (SSSR count). The van der Waals surface area contributed by atoms with Gasteiger partial charge >= 0.3 is 0 Å². The molecule has 1 amide bonds. The van der Waals surface area contributed by atoms with E-state index in [9.17, 15) is 4.79 Å². The third kappa shape index (κ3) is 3.58. The number of hydrogen-bond donors (Lipinski definition) is 1. The Kier molecular flexibility index (Phi) is 4.63. The van der Waals surface area contributed by atoms with Gasteiger partial charge in [-0.2, -0.15) is 0 Å². The molecule has 0 saturated carbocycles. The molecule has 130 valence electrons. The van der Waals surface area contributed by atoms with Gasteiger partial charge in [-0.25, -0.2) is 19.9 Å². The number of anilines is 1. The van der Waals surface area contributed by atoms with Gasteiger partial charge in [0, 0.05) is 18.5 Å². The van der Waals surface area contributed by atoms with Gasteiger partial charge in [0.05, 0.1) is 16.0 Å². The first-order chi connectivity index (χ1) is 12.7. The van der Waals surface area contributed by atoms with Crippen molar-refractivity contribution < 1.29 is 4.79 Å². The number of hydrogen-bond acceptors (Lipinski definition) is 7. The molecule has 0 atom stereocenters. The Hall–Kier alpha value is -2.78. The number of thioether (sulfide) groups is 1. The Morgan fingerprint density at radius 3 is 2.96 bits per heavy atom. The summed E-state index contributed by atoms with van der Waals surface area (Å²) < 4.78 is 3.82. The summed E-state index contributed by atoms with van der Waals surface area (Å²) >= 11 is 3.00. The average Bonchev–Trinajstić information content (AvgIpc) is 3.25. The van der Waals surface area contributed by atoms with E-state index in [4.69, 9.17) is 0 Å². The fourth-order valence-corrected chi connectivity index (χ4v) is 4.25. The summed E-state index contributed by atoms with van der Waals surface area (Å²) in [5.74, 6) is 2.05. The molecule has 0 radical (unpaired) electrons. The quantitative estimate of drug-likeness (QED) is 0.533. The van der Waals surface area contributed by atoms with Crippen LogP contribution in [0.25, 0.3) is 16.0 Å². The molecule has 3 aromatic heterocycles. The van der Waals surface area contributed by atoms with Crippen LogP contribution in [0.15, 0.2) is 53.4 Å². The van der Waals surface area contributed by atoms with Crippen molar-refractivity contribution in [2.45, 2.75) is 11.3 Å². The fraction of sp³-hybridized carbons (Fsp3) is 0.118. The van der Waals surface area contributed by atoms with E-state index in [2.05, 4.69) is 25.3 Å². The molecule has 1 aromatic carbocycles. The number of aromatic nitrogens is 5. The normalized spacial score (nSPS) is 11.0. The van der Waals surface area contributed by atoms with Crippen LogP contribution in [0.5, 0.6) is 0 Å². The fourth-order valence-electron chi connectivity index (χ4n) is 2.39. The lowest BCUT2D eigenvalue weighted by Crippen LogP contribution is -2.15. The van der Waals surface area contributed by atoms with E-state index in [1.54, 1.807) is 23.6 Å². The number of thiazole rings is 1. The first kappa shape index (κ1) is 16.7. The van der Waals surface area contributed by atoms with Crippen molar-refractivity contribution in [1.82, 2.24) is 24.5 Å². The van der Waals surface area contributed by atoms with Crippen LogP contribution in [0.4, 0.5) is 5.82 Å². The molecular formula is C17H14N6OS2. The number of para-hydroxylation sites is 1. The van der Waals surface area contributed by atoms with Crippen LogP contribution >= 0.6 is 23.1 Å². The van der Waals surface area contributed by atoms with Crippen LogP contribution in [0.2, 0.25) is 0 Å². The first-order valence-electron chi connectivity index (χ1n) is 7.79. The molecule has 0 aliphatic heterocycles. The number of nitrogens with one attached hydrogen (secondary N) is 1. The van der Waals surface area contributed by atoms with Crippen molar-refractivity contribution in [3.05, 3.63) is 54.9 Å². The predicted octanol–water partition coefficient (Wildman–Crippen LogP) is 3.31. The molecule has 7 nitrogen and oxygen atoms in total. The number of fused-ring (bicyclic) bond motifs is 1. The molecule has 3 heterocycles. The largest absolute Gasteiger partial charge is 0.310 e. The van der Waals surface area contributed by atoms with Gasteiger partial charge in [0.1, 0.15) is 23.8 Å². The van der Waals surface area contributed by atoms with Gasteiger partial charge in [-0.3, -0.25) is 9.36 Å². The smallest absolute Gasteiger partial charge is 0.235 e. The van der Waals surface area contributed by atoms with Crippen LogP contribution in [0.3, 0.4) is 0 Å². The molecule has 0 spiro atoms. The van der Waals surface area contributed by atoms with Crippen molar-refractivity contribution in [2.24, 2.45) is 0 Å². The standard InChI is InChI=1S/C17H14N6OS2/c1-11-18-6-7-23(11)15-8-14(19-10-20-15)22-16(24)9-25-17-21-12-4-2-3-5-13(12)26-17/h2-8,10H,9H2,1H3,(H,19,20,22,24). The van der Waals surface area contributed by atoms with E-state index >= 15 is 0 Å². The highest BCUT2D eigenvalue weighted by Crippen LogP contribution is 2.29. The summed E-state index contributed by atoms with van der Waals surface area (Å²) in [5.41, 5.74) is 0.955. The molecule has 1 N–H and O–H groups in total. The third-order valence-corrected chi connectivity index (χ3v) is 5.77. The number of amides is 1. The number of rotatable bonds is 5. The zero-order valence-corrected chi connectivity index (χ0v) is 15.4. The van der Waals surface area contributed by atoms with Crippen LogP contribution in [0, 0.1) is 6.92 Å². The topological polar surface area (TPSA) is 85.6 Å². The average molecular weight is 382 g/mol. The number of carbonyl (C=O) groups excluding carboxylic acids is 1. The molecule has 0 bridgehead atoms. The number of aryl methyl sites for hydroxylation is 1. The van der Waals surface area contributed by atoms with Crippen LogP contribution in [-0.4, -0.2) is 36.2 Å². The van der Waals surface area contributed by atoms with Gasteiger partial charge in [0.25, 0.3) is 0 Å². The number of imidazole rings is 1. The Balaban J connectivity index is 1.41. The molecule has 0 aliphatic rings. The van der Waals surface area contributed by atoms with Gasteiger partial charge in [-0.15, -0.1) is 11.3 Å². The Bertz CT molecular complexity index is 1040. The van der Waals surface area contributed by atoms with Crippen molar-refractivity contribution in [3.8, 4) is 5.82 Å². The molecule has 9 heteroatoms. The first-order valence-corrected chi connectivity index (χ1v) is 9.60. The zero-order valence-electron chi connectivity index (χ0n) is 13.8. The van der Waals surface area contributed by atoms with E-state index in [0.29, 0.717) is 11.6 Å². The predicted molar refractivity (Wildman–Crippen MR) is 103 cm³/mol. The van der Waals surface area contributed by atoms with E-state index in [-0.39, 0.29) is 11.7 Å². The van der Waals surface area contributed by atoms with Gasteiger partial charge in [-0.05, 0) is 19.1 Å². The van der Waals surface area contributed by atoms with E-state index in [1.807, 2.05) is 42.0 Å². The minimum atomic E-state index is -0.138. The van der Waals surface area contributed by atoms with Crippen molar-refractivity contribution >= 4 is 45.0 Å².